The van der Waals surface area contributed by atoms with Crippen LogP contribution in [0.5, 0.6) is 0 Å². The van der Waals surface area contributed by atoms with Gasteiger partial charge in [-0.3, -0.25) is 0 Å². The molecule has 0 aromatic heterocycles. The molecular weight excluding hydrogens is 292 g/mol. The van der Waals surface area contributed by atoms with E-state index in [0.717, 1.165) is 27.3 Å². The smallest absolute Gasteiger partial charge is 0.120 e. The summed E-state index contributed by atoms with van der Waals surface area (Å²) in [4.78, 5) is 0. The van der Waals surface area contributed by atoms with Crippen LogP contribution in [0.1, 0.15) is 20.8 Å². The second-order valence-corrected chi connectivity index (χ2v) is 5.26. The highest BCUT2D eigenvalue weighted by Gasteiger charge is 1.96. The van der Waals surface area contributed by atoms with Gasteiger partial charge in [0.2, 0.25) is 0 Å². The van der Waals surface area contributed by atoms with Crippen LogP contribution in [0.3, 0.4) is 0 Å². The van der Waals surface area contributed by atoms with Gasteiger partial charge >= 0.3 is 0 Å². The van der Waals surface area contributed by atoms with Crippen molar-refractivity contribution in [1.29, 1.82) is 0 Å². The van der Waals surface area contributed by atoms with E-state index in [9.17, 15) is 0 Å². The highest BCUT2D eigenvalue weighted by molar-refractivity contribution is 5.46. The Morgan fingerprint density at radius 1 is 1.04 bits per heavy atom. The summed E-state index contributed by atoms with van der Waals surface area (Å²) in [5, 5.41) is 2.24. The van der Waals surface area contributed by atoms with E-state index in [2.05, 4.69) is 31.9 Å². The lowest BCUT2D eigenvalue weighted by molar-refractivity contribution is 0.331. The lowest BCUT2D eigenvalue weighted by Crippen LogP contribution is -2.23. The van der Waals surface area contributed by atoms with Crippen molar-refractivity contribution in [3.8, 4) is 0 Å². The van der Waals surface area contributed by atoms with Crippen molar-refractivity contribution in [3.63, 3.8) is 0 Å². The van der Waals surface area contributed by atoms with E-state index >= 15 is 0 Å². The fourth-order valence-electron chi connectivity index (χ4n) is 2.12. The van der Waals surface area contributed by atoms with E-state index in [1.165, 1.54) is 0 Å². The summed E-state index contributed by atoms with van der Waals surface area (Å²) in [5.41, 5.74) is 1.87. The molecular formula is C23H26O. The quantitative estimate of drug-likeness (QED) is 0.511. The predicted molar refractivity (Wildman–Crippen MR) is 107 cm³/mol. The molecule has 24 heavy (non-hydrogen) atoms. The Morgan fingerprint density at radius 3 is 2.29 bits per heavy atom. The third-order valence-corrected chi connectivity index (χ3v) is 3.38. The van der Waals surface area contributed by atoms with E-state index < -0.39 is 0 Å². The van der Waals surface area contributed by atoms with Gasteiger partial charge in [0.15, 0.2) is 0 Å². The van der Waals surface area contributed by atoms with Crippen molar-refractivity contribution in [2.24, 2.45) is 0 Å². The Labute approximate surface area is 145 Å². The maximum atomic E-state index is 5.77. The average molecular weight is 318 g/mol. The third kappa shape index (κ3) is 6.13. The minimum Gasteiger partial charge on any atom is -0.463 e. The van der Waals surface area contributed by atoms with Crippen LogP contribution in [0.2, 0.25) is 0 Å². The molecule has 0 fully saturated rings. The Balaban J connectivity index is 2.98. The fraction of sp³-hybridized carbons (Fsp3) is 0.130. The third-order valence-electron chi connectivity index (χ3n) is 3.38. The van der Waals surface area contributed by atoms with Gasteiger partial charge in [0.05, 0.1) is 0 Å². The molecule has 1 rings (SSSR count). The zero-order valence-corrected chi connectivity index (χ0v) is 14.9. The van der Waals surface area contributed by atoms with Crippen molar-refractivity contribution < 1.29 is 4.74 Å². The number of hydrogen-bond donors (Lipinski definition) is 0. The summed E-state index contributed by atoms with van der Waals surface area (Å²) < 4.78 is 5.77. The second-order valence-electron chi connectivity index (χ2n) is 5.26. The number of benzene rings is 1. The van der Waals surface area contributed by atoms with E-state index in [1.54, 1.807) is 6.08 Å². The van der Waals surface area contributed by atoms with Gasteiger partial charge < -0.3 is 4.74 Å². The molecule has 0 unspecified atom stereocenters. The van der Waals surface area contributed by atoms with Gasteiger partial charge in [-0.2, -0.15) is 0 Å². The molecule has 1 heteroatoms. The van der Waals surface area contributed by atoms with E-state index in [-0.39, 0.29) is 0 Å². The molecule has 0 radical (unpaired) electrons. The van der Waals surface area contributed by atoms with Gasteiger partial charge in [0.25, 0.3) is 0 Å². The summed E-state index contributed by atoms with van der Waals surface area (Å²) in [6.07, 6.45) is 13.6. The monoisotopic (exact) mass is 318 g/mol. The minimum absolute atomic E-state index is 0.599. The molecule has 0 aliphatic rings. The maximum absolute atomic E-state index is 5.77. The molecule has 0 spiro atoms. The van der Waals surface area contributed by atoms with Crippen molar-refractivity contribution in [1.82, 2.24) is 0 Å². The number of allylic oxidation sites excluding steroid dienone is 9. The highest BCUT2D eigenvalue weighted by atomic mass is 16.5. The molecule has 0 saturated carbocycles. The lowest BCUT2D eigenvalue weighted by Gasteiger charge is -2.05. The molecule has 0 bridgehead atoms. The number of hydrogen-bond acceptors (Lipinski definition) is 1. The van der Waals surface area contributed by atoms with Gasteiger partial charge in [-0.25, -0.2) is 0 Å². The van der Waals surface area contributed by atoms with Gasteiger partial charge in [-0.05, 0) is 54.5 Å². The molecule has 0 atom stereocenters. The van der Waals surface area contributed by atoms with Gasteiger partial charge in [0.1, 0.15) is 11.5 Å². The van der Waals surface area contributed by atoms with Crippen LogP contribution in [-0.2, 0) is 4.74 Å². The Morgan fingerprint density at radius 2 is 1.71 bits per heavy atom. The normalized spacial score (nSPS) is 14.1. The lowest BCUT2D eigenvalue weighted by atomic mass is 10.1. The fourth-order valence-corrected chi connectivity index (χ4v) is 2.12. The molecule has 124 valence electrons. The first kappa shape index (κ1) is 19.2. The van der Waals surface area contributed by atoms with Crippen molar-refractivity contribution >= 4 is 12.2 Å². The topological polar surface area (TPSA) is 9.23 Å². The molecule has 1 aromatic carbocycles. The van der Waals surface area contributed by atoms with Crippen LogP contribution in [0, 0.1) is 0 Å². The maximum Gasteiger partial charge on any atom is 0.120 e. The molecule has 1 nitrogen and oxygen atoms in total. The zero-order valence-electron chi connectivity index (χ0n) is 14.9. The largest absolute Gasteiger partial charge is 0.463 e. The van der Waals surface area contributed by atoms with Gasteiger partial charge in [0, 0.05) is 0 Å². The number of ether oxygens (including phenoxy) is 1. The predicted octanol–water partition coefficient (Wildman–Crippen LogP) is 4.95. The first-order chi connectivity index (χ1) is 11.5. The van der Waals surface area contributed by atoms with Crippen molar-refractivity contribution in [2.75, 3.05) is 0 Å². The highest BCUT2D eigenvalue weighted by Crippen LogP contribution is 2.12. The molecule has 0 aliphatic heterocycles. The van der Waals surface area contributed by atoms with Gasteiger partial charge in [-0.1, -0.05) is 74.4 Å². The number of rotatable bonds is 7. The summed E-state index contributed by atoms with van der Waals surface area (Å²) in [6, 6.07) is 8.12. The summed E-state index contributed by atoms with van der Waals surface area (Å²) in [5.74, 6) is 1.36. The Kier molecular flexibility index (Phi) is 8.07. The van der Waals surface area contributed by atoms with E-state index in [1.807, 2.05) is 69.4 Å². The van der Waals surface area contributed by atoms with Gasteiger partial charge in [-0.15, -0.1) is 0 Å². The minimum atomic E-state index is 0.599. The summed E-state index contributed by atoms with van der Waals surface area (Å²) >= 11 is 0. The summed E-state index contributed by atoms with van der Waals surface area (Å²) in [7, 11) is 0. The molecule has 1 aromatic rings. The average Bonchev–Trinajstić information content (AvgIpc) is 2.58. The van der Waals surface area contributed by atoms with E-state index in [4.69, 9.17) is 4.74 Å². The zero-order chi connectivity index (χ0) is 17.9. The molecule has 0 amide bonds. The van der Waals surface area contributed by atoms with E-state index in [0.29, 0.717) is 5.76 Å². The standard InChI is InChI=1S/C23H26O/c1-7-12-22(18(4)8-2)16-15-19(5)24-20(6)17-23-14-11-10-13-21(23)9-3/h7-17H,2,4,6H2,1,3,5H3/b12-7-,19-15+,21-9-,22-16-,23-17-. The van der Waals surface area contributed by atoms with Crippen LogP contribution in [0.15, 0.2) is 97.0 Å². The van der Waals surface area contributed by atoms with Crippen molar-refractivity contribution in [3.05, 3.63) is 107 Å². The van der Waals surface area contributed by atoms with Crippen LogP contribution in [0.4, 0.5) is 0 Å². The molecule has 0 saturated heterocycles. The second kappa shape index (κ2) is 10.1. The Bertz CT molecular complexity index is 814. The van der Waals surface area contributed by atoms with Crippen LogP contribution in [0.25, 0.3) is 12.2 Å². The summed E-state index contributed by atoms with van der Waals surface area (Å²) in [6.45, 7) is 17.6. The molecule has 0 N–H and O–H groups in total. The van der Waals surface area contributed by atoms with Crippen LogP contribution in [-0.4, -0.2) is 0 Å². The van der Waals surface area contributed by atoms with Crippen molar-refractivity contribution in [2.45, 2.75) is 20.8 Å². The first-order valence-electron chi connectivity index (χ1n) is 7.94. The van der Waals surface area contributed by atoms with Crippen LogP contribution < -0.4 is 10.4 Å². The molecule has 0 heterocycles. The SMILES string of the molecule is C=CC(=C)C(/C=C\C)=C\C=C(/C)OC(=C)/C=c1/cccc/c1=C/C. The van der Waals surface area contributed by atoms with Crippen LogP contribution >= 0.6 is 0 Å². The molecule has 0 aliphatic carbocycles. The Hall–Kier alpha value is -2.80. The first-order valence-corrected chi connectivity index (χ1v) is 7.94.